The third kappa shape index (κ3) is 32.5. The van der Waals surface area contributed by atoms with Crippen LogP contribution in [0.4, 0.5) is 4.79 Å². The fourth-order valence-corrected chi connectivity index (χ4v) is 7.78. The fraction of sp³-hybridized carbons (Fsp3) is 0.878. The lowest BCUT2D eigenvalue weighted by molar-refractivity contribution is -0.138. The lowest BCUT2D eigenvalue weighted by Crippen LogP contribution is -2.36. The first kappa shape index (κ1) is 54.3. The van der Waals surface area contributed by atoms with Gasteiger partial charge in [0.25, 0.3) is 0 Å². The van der Waals surface area contributed by atoms with Crippen LogP contribution in [-0.4, -0.2) is 183 Å². The molecular weight excluding hydrogens is 819 g/mol. The molecule has 2 aliphatic rings. The molecule has 0 aliphatic carbocycles. The summed E-state index contributed by atoms with van der Waals surface area (Å²) < 4.78 is 43.2. The molecule has 0 bridgehead atoms. The van der Waals surface area contributed by atoms with Gasteiger partial charge < -0.3 is 69.6 Å². The topological polar surface area (TPSA) is 240 Å². The summed E-state index contributed by atoms with van der Waals surface area (Å²) in [6, 6.07) is 0.385. The van der Waals surface area contributed by atoms with Crippen LogP contribution in [0.1, 0.15) is 83.5 Å². The number of thioether (sulfide) groups is 1. The monoisotopic (exact) mass is 894 g/mol. The molecule has 6 N–H and O–H groups in total. The van der Waals surface area contributed by atoms with Gasteiger partial charge in [-0.25, -0.2) is 4.79 Å². The van der Waals surface area contributed by atoms with Crippen LogP contribution in [0.2, 0.25) is 0 Å². The molecule has 3 unspecified atom stereocenters. The maximum absolute atomic E-state index is 12.1. The standard InChI is InChI=1S/C41H75N5O14S/c47-36(10-3-1-7-15-43-37(48)12-6-5-9-35-40-34(33-61-35)45-41(52)46-40)42-14-8-2-4-11-38(49)44-16-18-54-20-22-56-24-26-58-28-30-60-32-31-59-29-27-57-25-23-55-21-19-53-17-13-39(50)51/h34-35,40H,1-33H2,(H,42,47)(H,43,48)(H,44,49)(H,50,51)(H2,45,46,52). The van der Waals surface area contributed by atoms with Crippen LogP contribution < -0.4 is 26.6 Å². The van der Waals surface area contributed by atoms with Gasteiger partial charge in [0, 0.05) is 49.9 Å². The Balaban J connectivity index is 1.19. The Labute approximate surface area is 366 Å². The number of rotatable bonds is 44. The number of unbranched alkanes of at least 4 members (excludes halogenated alkanes) is 5. The van der Waals surface area contributed by atoms with Gasteiger partial charge in [-0.3, -0.25) is 19.2 Å². The van der Waals surface area contributed by atoms with Crippen LogP contribution in [0.5, 0.6) is 0 Å². The lowest BCUT2D eigenvalue weighted by atomic mass is 10.0. The molecule has 2 saturated heterocycles. The van der Waals surface area contributed by atoms with Gasteiger partial charge in [0.15, 0.2) is 0 Å². The van der Waals surface area contributed by atoms with E-state index in [4.69, 9.17) is 43.0 Å². The van der Waals surface area contributed by atoms with Crippen molar-refractivity contribution < 1.29 is 67.0 Å². The predicted octanol–water partition coefficient (Wildman–Crippen LogP) is 1.79. The van der Waals surface area contributed by atoms with Crippen molar-refractivity contribution in [1.29, 1.82) is 0 Å². The second kappa shape index (κ2) is 38.8. The third-order valence-electron chi connectivity index (χ3n) is 9.52. The lowest BCUT2D eigenvalue weighted by Gasteiger charge is -2.16. The van der Waals surface area contributed by atoms with E-state index in [1.54, 1.807) is 0 Å². The van der Waals surface area contributed by atoms with E-state index >= 15 is 0 Å². The van der Waals surface area contributed by atoms with E-state index in [0.29, 0.717) is 143 Å². The largest absolute Gasteiger partial charge is 0.481 e. The van der Waals surface area contributed by atoms with Gasteiger partial charge >= 0.3 is 12.0 Å². The summed E-state index contributed by atoms with van der Waals surface area (Å²) in [5.41, 5.74) is 0. The Morgan fingerprint density at radius 2 is 0.885 bits per heavy atom. The molecule has 19 nitrogen and oxygen atoms in total. The van der Waals surface area contributed by atoms with E-state index < -0.39 is 5.97 Å². The summed E-state index contributed by atoms with van der Waals surface area (Å²) in [5, 5.41) is 23.7. The summed E-state index contributed by atoms with van der Waals surface area (Å²) in [6.45, 7) is 8.43. The highest BCUT2D eigenvalue weighted by molar-refractivity contribution is 8.00. The highest BCUT2D eigenvalue weighted by Crippen LogP contribution is 2.33. The summed E-state index contributed by atoms with van der Waals surface area (Å²) in [7, 11) is 0. The Kier molecular flexibility index (Phi) is 34.6. The molecule has 0 aromatic rings. The van der Waals surface area contributed by atoms with Crippen molar-refractivity contribution in [3.63, 3.8) is 0 Å². The average Bonchev–Trinajstić information content (AvgIpc) is 3.80. The SMILES string of the molecule is O=C(O)CCOCCOCCOCCOCCOCCOCCOCCOCCNC(=O)CCCCCNC(=O)CCCCCNC(=O)CCCCC1SCC2NC(=O)NC21. The van der Waals surface area contributed by atoms with Crippen LogP contribution in [0.3, 0.4) is 0 Å². The maximum atomic E-state index is 12.1. The molecule has 20 heteroatoms. The Bertz CT molecular complexity index is 1160. The molecule has 2 heterocycles. The Morgan fingerprint density at radius 3 is 1.33 bits per heavy atom. The van der Waals surface area contributed by atoms with E-state index in [1.165, 1.54) is 0 Å². The maximum Gasteiger partial charge on any atom is 0.315 e. The molecule has 0 aromatic carbocycles. The minimum atomic E-state index is -0.882. The number of fused-ring (bicyclic) bond motifs is 1. The van der Waals surface area contributed by atoms with E-state index in [9.17, 15) is 24.0 Å². The summed E-state index contributed by atoms with van der Waals surface area (Å²) >= 11 is 1.90. The molecule has 0 aromatic heterocycles. The molecule has 3 atom stereocenters. The first-order valence-electron chi connectivity index (χ1n) is 22.2. The molecule has 2 rings (SSSR count). The highest BCUT2D eigenvalue weighted by atomic mass is 32.2. The zero-order valence-corrected chi connectivity index (χ0v) is 37.0. The smallest absolute Gasteiger partial charge is 0.315 e. The predicted molar refractivity (Wildman–Crippen MR) is 229 cm³/mol. The molecular formula is C41H75N5O14S. The van der Waals surface area contributed by atoms with Crippen LogP contribution in [0, 0.1) is 0 Å². The zero-order valence-electron chi connectivity index (χ0n) is 36.2. The van der Waals surface area contributed by atoms with Gasteiger partial charge in [0.05, 0.1) is 124 Å². The summed E-state index contributed by atoms with van der Waals surface area (Å²) in [5.74, 6) is 0.175. The minimum absolute atomic E-state index is 0.00931. The van der Waals surface area contributed by atoms with Crippen molar-refractivity contribution in [2.24, 2.45) is 0 Å². The highest BCUT2D eigenvalue weighted by Gasteiger charge is 2.42. The van der Waals surface area contributed by atoms with Gasteiger partial charge in [-0.05, 0) is 38.5 Å². The van der Waals surface area contributed by atoms with Gasteiger partial charge in [-0.2, -0.15) is 11.8 Å². The number of ether oxygens (including phenoxy) is 8. The van der Waals surface area contributed by atoms with Crippen LogP contribution in [0.15, 0.2) is 0 Å². The van der Waals surface area contributed by atoms with Gasteiger partial charge in [0.1, 0.15) is 0 Å². The van der Waals surface area contributed by atoms with Crippen molar-refractivity contribution in [1.82, 2.24) is 26.6 Å². The van der Waals surface area contributed by atoms with Crippen molar-refractivity contribution in [2.45, 2.75) is 101 Å². The number of amides is 5. The first-order chi connectivity index (χ1) is 29.8. The van der Waals surface area contributed by atoms with E-state index in [2.05, 4.69) is 26.6 Å². The number of carboxylic acid groups (broad SMARTS) is 1. The summed E-state index contributed by atoms with van der Waals surface area (Å²) in [4.78, 5) is 58.2. The minimum Gasteiger partial charge on any atom is -0.481 e. The van der Waals surface area contributed by atoms with E-state index in [1.807, 2.05) is 11.8 Å². The zero-order chi connectivity index (χ0) is 43.9. The normalized spacial score (nSPS) is 16.9. The average molecular weight is 894 g/mol. The molecule has 2 fully saturated rings. The molecule has 0 saturated carbocycles. The number of hydrogen-bond acceptors (Lipinski definition) is 14. The Hall–Kier alpha value is -2.82. The third-order valence-corrected chi connectivity index (χ3v) is 11.0. The molecule has 0 radical (unpaired) electrons. The number of aliphatic carboxylic acids is 1. The summed E-state index contributed by atoms with van der Waals surface area (Å²) in [6.07, 6.45) is 9.22. The number of urea groups is 1. The number of carbonyl (C=O) groups is 5. The molecule has 2 aliphatic heterocycles. The van der Waals surface area contributed by atoms with Crippen molar-refractivity contribution in [2.75, 3.05) is 131 Å². The quantitative estimate of drug-likeness (QED) is 0.0378. The van der Waals surface area contributed by atoms with Crippen molar-refractivity contribution in [3.05, 3.63) is 0 Å². The fourth-order valence-electron chi connectivity index (χ4n) is 6.23. The van der Waals surface area contributed by atoms with Crippen LogP contribution >= 0.6 is 11.8 Å². The number of nitrogens with one attached hydrogen (secondary N) is 5. The first-order valence-corrected chi connectivity index (χ1v) is 23.2. The molecule has 0 spiro atoms. The van der Waals surface area contributed by atoms with E-state index in [-0.39, 0.29) is 48.9 Å². The van der Waals surface area contributed by atoms with Crippen LogP contribution in [-0.2, 0) is 57.1 Å². The van der Waals surface area contributed by atoms with Gasteiger partial charge in [-0.15, -0.1) is 0 Å². The van der Waals surface area contributed by atoms with Crippen molar-refractivity contribution >= 4 is 41.5 Å². The van der Waals surface area contributed by atoms with Gasteiger partial charge in [0.2, 0.25) is 17.7 Å². The molecule has 354 valence electrons. The second-order valence-electron chi connectivity index (χ2n) is 14.6. The molecule has 5 amide bonds. The van der Waals surface area contributed by atoms with Crippen molar-refractivity contribution in [3.8, 4) is 0 Å². The van der Waals surface area contributed by atoms with Crippen LogP contribution in [0.25, 0.3) is 0 Å². The number of carbonyl (C=O) groups excluding carboxylic acids is 4. The van der Waals surface area contributed by atoms with E-state index in [0.717, 1.165) is 63.5 Å². The second-order valence-corrected chi connectivity index (χ2v) is 15.9. The molecule has 61 heavy (non-hydrogen) atoms. The number of carboxylic acids is 1. The Morgan fingerprint density at radius 1 is 0.492 bits per heavy atom. The van der Waals surface area contributed by atoms with Gasteiger partial charge in [-0.1, -0.05) is 19.3 Å². The number of hydrogen-bond donors (Lipinski definition) is 6.